The smallest absolute Gasteiger partial charge is 0.264 e. The molecule has 0 radical (unpaired) electrons. The Bertz CT molecular complexity index is 1410. The van der Waals surface area contributed by atoms with Gasteiger partial charge in [0.15, 0.2) is 6.10 Å². The number of rotatable bonds is 4. The molecule has 1 N–H and O–H groups in total. The van der Waals surface area contributed by atoms with Crippen molar-refractivity contribution in [3.05, 3.63) is 88.7 Å². The summed E-state index contributed by atoms with van der Waals surface area (Å²) < 4.78 is 48.2. The van der Waals surface area contributed by atoms with Crippen LogP contribution in [0.2, 0.25) is 0 Å². The van der Waals surface area contributed by atoms with Crippen molar-refractivity contribution in [3.63, 3.8) is 0 Å². The number of ether oxygens (including phenoxy) is 1. The highest BCUT2D eigenvalue weighted by Crippen LogP contribution is 2.38. The van der Waals surface area contributed by atoms with Crippen LogP contribution in [-0.2, 0) is 27.8 Å². The third kappa shape index (κ3) is 4.50. The quantitative estimate of drug-likeness (QED) is 0.546. The zero-order chi connectivity index (χ0) is 24.7. The van der Waals surface area contributed by atoms with Crippen molar-refractivity contribution in [2.24, 2.45) is 0 Å². The van der Waals surface area contributed by atoms with Crippen molar-refractivity contribution in [1.82, 2.24) is 4.90 Å². The summed E-state index contributed by atoms with van der Waals surface area (Å²) in [6.45, 7) is 3.61. The number of anilines is 1. The maximum absolute atomic E-state index is 14.0. The number of hydrogen-bond donors (Lipinski definition) is 1. The van der Waals surface area contributed by atoms with Crippen LogP contribution in [0.25, 0.3) is 0 Å². The van der Waals surface area contributed by atoms with Gasteiger partial charge in [-0.15, -0.1) is 0 Å². The fourth-order valence-electron chi connectivity index (χ4n) is 4.89. The van der Waals surface area contributed by atoms with Gasteiger partial charge in [0.05, 0.1) is 17.5 Å². The number of halogens is 1. The molecule has 2 aliphatic rings. The van der Waals surface area contributed by atoms with E-state index < -0.39 is 21.9 Å². The number of fused-ring (bicyclic) bond motifs is 2. The van der Waals surface area contributed by atoms with E-state index in [-0.39, 0.29) is 16.8 Å². The number of aryl methyl sites for hydroxylation is 2. The lowest BCUT2D eigenvalue weighted by molar-refractivity contribution is -0.140. The van der Waals surface area contributed by atoms with Crippen LogP contribution < -0.4 is 9.46 Å². The normalized spacial score (nSPS) is 19.9. The molecule has 2 atom stereocenters. The Morgan fingerprint density at radius 2 is 1.86 bits per heavy atom. The van der Waals surface area contributed by atoms with Gasteiger partial charge in [-0.1, -0.05) is 30.3 Å². The summed E-state index contributed by atoms with van der Waals surface area (Å²) in [4.78, 5) is 15.0. The van der Waals surface area contributed by atoms with Crippen molar-refractivity contribution >= 4 is 21.6 Å². The van der Waals surface area contributed by atoms with E-state index in [1.165, 1.54) is 17.7 Å². The van der Waals surface area contributed by atoms with Crippen molar-refractivity contribution in [2.75, 3.05) is 4.72 Å². The van der Waals surface area contributed by atoms with Gasteiger partial charge < -0.3 is 9.64 Å². The molecular weight excluding hydrogens is 467 g/mol. The molecule has 0 fully saturated rings. The predicted octanol–water partition coefficient (Wildman–Crippen LogP) is 5.12. The van der Waals surface area contributed by atoms with E-state index in [1.54, 1.807) is 32.0 Å². The minimum absolute atomic E-state index is 0.0691. The van der Waals surface area contributed by atoms with E-state index in [1.807, 2.05) is 17.0 Å². The maximum atomic E-state index is 14.0. The SMILES string of the molecule is Cc1ccc(S(=O)(=O)Nc2ccc3c(c2)CN([C@@H]2CCCc4ccccc42)C(=O)[C@H](C)O3)cc1F. The topological polar surface area (TPSA) is 75.7 Å². The lowest BCUT2D eigenvalue weighted by atomic mass is 9.86. The Morgan fingerprint density at radius 3 is 2.66 bits per heavy atom. The summed E-state index contributed by atoms with van der Waals surface area (Å²) >= 11 is 0. The molecular formula is C27H27FN2O4S. The molecule has 1 amide bonds. The monoisotopic (exact) mass is 494 g/mol. The number of carbonyl (C=O) groups is 1. The number of benzene rings is 3. The molecule has 6 nitrogen and oxygen atoms in total. The van der Waals surface area contributed by atoms with Crippen molar-refractivity contribution < 1.29 is 22.3 Å². The van der Waals surface area contributed by atoms with Gasteiger partial charge in [-0.3, -0.25) is 9.52 Å². The summed E-state index contributed by atoms with van der Waals surface area (Å²) in [5.74, 6) is -0.138. The molecule has 0 bridgehead atoms. The second-order valence-corrected chi connectivity index (χ2v) is 10.9. The lowest BCUT2D eigenvalue weighted by Crippen LogP contribution is -2.41. The first-order valence-electron chi connectivity index (χ1n) is 11.7. The zero-order valence-electron chi connectivity index (χ0n) is 19.6. The second-order valence-electron chi connectivity index (χ2n) is 9.17. The number of nitrogens with one attached hydrogen (secondary N) is 1. The van der Waals surface area contributed by atoms with E-state index >= 15 is 0 Å². The van der Waals surface area contributed by atoms with Crippen LogP contribution in [0.1, 0.15) is 48.1 Å². The third-order valence-electron chi connectivity index (χ3n) is 6.76. The first-order valence-corrected chi connectivity index (χ1v) is 13.2. The minimum atomic E-state index is -4.00. The number of amides is 1. The molecule has 3 aromatic rings. The Hall–Kier alpha value is -3.39. The molecule has 1 aliphatic heterocycles. The van der Waals surface area contributed by atoms with Crippen molar-refractivity contribution in [1.29, 1.82) is 0 Å². The first-order chi connectivity index (χ1) is 16.7. The molecule has 3 aromatic carbocycles. The lowest BCUT2D eigenvalue weighted by Gasteiger charge is -2.35. The Kier molecular flexibility index (Phi) is 6.01. The Balaban J connectivity index is 1.47. The number of carbonyl (C=O) groups excluding carboxylic acids is 1. The van der Waals surface area contributed by atoms with Crippen molar-refractivity contribution in [2.45, 2.75) is 56.7 Å². The highest BCUT2D eigenvalue weighted by atomic mass is 32.2. The van der Waals surface area contributed by atoms with E-state index in [2.05, 4.69) is 16.9 Å². The Labute approximate surface area is 204 Å². The molecule has 35 heavy (non-hydrogen) atoms. The summed E-state index contributed by atoms with van der Waals surface area (Å²) in [6, 6.07) is 16.9. The summed E-state index contributed by atoms with van der Waals surface area (Å²) in [6.07, 6.45) is 2.17. The van der Waals surface area contributed by atoms with E-state index in [0.717, 1.165) is 30.9 Å². The largest absolute Gasteiger partial charge is 0.481 e. The van der Waals surface area contributed by atoms with Crippen LogP contribution in [0.15, 0.2) is 65.6 Å². The molecule has 1 heterocycles. The number of hydrogen-bond acceptors (Lipinski definition) is 4. The van der Waals surface area contributed by atoms with Crippen LogP contribution in [-0.4, -0.2) is 25.3 Å². The molecule has 0 spiro atoms. The van der Waals surface area contributed by atoms with Gasteiger partial charge in [-0.25, -0.2) is 12.8 Å². The summed E-state index contributed by atoms with van der Waals surface area (Å²) in [5, 5.41) is 0. The van der Waals surface area contributed by atoms with Crippen molar-refractivity contribution in [3.8, 4) is 5.75 Å². The third-order valence-corrected chi connectivity index (χ3v) is 8.13. The van der Waals surface area contributed by atoms with Gasteiger partial charge in [0.2, 0.25) is 0 Å². The van der Waals surface area contributed by atoms with Gasteiger partial charge in [-0.2, -0.15) is 0 Å². The van der Waals surface area contributed by atoms with E-state index in [0.29, 0.717) is 29.1 Å². The van der Waals surface area contributed by atoms with Gasteiger partial charge in [0.25, 0.3) is 15.9 Å². The molecule has 8 heteroatoms. The summed E-state index contributed by atoms with van der Waals surface area (Å²) in [5.41, 5.74) is 3.80. The van der Waals surface area contributed by atoms with Gasteiger partial charge in [0.1, 0.15) is 11.6 Å². The fourth-order valence-corrected chi connectivity index (χ4v) is 5.95. The molecule has 0 saturated heterocycles. The van der Waals surface area contributed by atoms with Gasteiger partial charge >= 0.3 is 0 Å². The van der Waals surface area contributed by atoms with Gasteiger partial charge in [0, 0.05) is 11.3 Å². The van der Waals surface area contributed by atoms with Crippen LogP contribution in [0.5, 0.6) is 5.75 Å². The molecule has 0 aromatic heterocycles. The van der Waals surface area contributed by atoms with Gasteiger partial charge in [-0.05, 0) is 80.1 Å². The predicted molar refractivity (Wildman–Crippen MR) is 131 cm³/mol. The average Bonchev–Trinajstić information content (AvgIpc) is 2.96. The van der Waals surface area contributed by atoms with E-state index in [4.69, 9.17) is 4.74 Å². The molecule has 0 unspecified atom stereocenters. The molecule has 182 valence electrons. The molecule has 1 aliphatic carbocycles. The van der Waals surface area contributed by atoms with Crippen LogP contribution >= 0.6 is 0 Å². The Morgan fingerprint density at radius 1 is 1.06 bits per heavy atom. The van der Waals surface area contributed by atoms with E-state index in [9.17, 15) is 17.6 Å². The minimum Gasteiger partial charge on any atom is -0.481 e. The zero-order valence-corrected chi connectivity index (χ0v) is 20.4. The number of sulfonamides is 1. The average molecular weight is 495 g/mol. The number of nitrogens with zero attached hydrogens (tertiary/aromatic N) is 1. The maximum Gasteiger partial charge on any atom is 0.264 e. The molecule has 5 rings (SSSR count). The second kappa shape index (κ2) is 9.00. The highest BCUT2D eigenvalue weighted by Gasteiger charge is 2.35. The van der Waals surface area contributed by atoms with Crippen LogP contribution in [0.3, 0.4) is 0 Å². The standard InChI is InChI=1S/C27H27FN2O4S/c1-17-10-12-22(15-24(17)28)35(32,33)29-21-11-13-26-20(14-21)16-30(27(31)18(2)34-26)25-9-5-7-19-6-3-4-8-23(19)25/h3-4,6,8,10-15,18,25,29H,5,7,9,16H2,1-2H3/t18-,25+/m0/s1. The highest BCUT2D eigenvalue weighted by molar-refractivity contribution is 7.92. The van der Waals surface area contributed by atoms with Crippen LogP contribution in [0, 0.1) is 12.7 Å². The first kappa shape index (κ1) is 23.4. The van der Waals surface area contributed by atoms with Crippen LogP contribution in [0.4, 0.5) is 10.1 Å². The molecule has 0 saturated carbocycles. The summed E-state index contributed by atoms with van der Waals surface area (Å²) in [7, 11) is -4.00. The fraction of sp³-hybridized carbons (Fsp3) is 0.296.